The molecule has 4 rings (SSSR count). The summed E-state index contributed by atoms with van der Waals surface area (Å²) >= 11 is 1.57. The molecule has 2 aromatic heterocycles. The number of hydrogen-bond donors (Lipinski definition) is 0. The van der Waals surface area contributed by atoms with Crippen molar-refractivity contribution >= 4 is 33.8 Å². The molecule has 0 aliphatic rings. The fourth-order valence-corrected chi connectivity index (χ4v) is 2.98. The van der Waals surface area contributed by atoms with Crippen molar-refractivity contribution in [3.63, 3.8) is 0 Å². The van der Waals surface area contributed by atoms with Crippen LogP contribution in [0.25, 0.3) is 22.0 Å². The second kappa shape index (κ2) is 5.22. The summed E-state index contributed by atoms with van der Waals surface area (Å²) in [5.41, 5.74) is 3.77. The average Bonchev–Trinajstić information content (AvgIpc) is 2.95. The van der Waals surface area contributed by atoms with E-state index in [-0.39, 0.29) is 0 Å². The number of nitrogens with zero attached hydrogens (tertiary/aromatic N) is 2. The van der Waals surface area contributed by atoms with Crippen molar-refractivity contribution in [1.82, 2.24) is 9.97 Å². The van der Waals surface area contributed by atoms with Gasteiger partial charge in [-0.15, -0.1) is 0 Å². The Morgan fingerprint density at radius 2 is 1.62 bits per heavy atom. The number of rotatable bonds is 3. The first-order chi connectivity index (χ1) is 10.4. The topological polar surface area (TPSA) is 38.9 Å². The molecule has 4 aromatic rings. The second-order valence-electron chi connectivity index (χ2n) is 4.73. The molecule has 0 aliphatic carbocycles. The minimum absolute atomic E-state index is 0.686. The fraction of sp³-hybridized carbons (Fsp3) is 0.0588. The lowest BCUT2D eigenvalue weighted by Crippen LogP contribution is -1.87. The predicted octanol–water partition coefficient (Wildman–Crippen LogP) is 4.67. The lowest BCUT2D eigenvalue weighted by Gasteiger charge is -2.01. The van der Waals surface area contributed by atoms with Gasteiger partial charge in [0, 0.05) is 11.1 Å². The zero-order valence-electron chi connectivity index (χ0n) is 11.2. The van der Waals surface area contributed by atoms with Crippen LogP contribution in [0.3, 0.4) is 0 Å². The van der Waals surface area contributed by atoms with Gasteiger partial charge in [0.05, 0.1) is 11.2 Å². The second-order valence-corrected chi connectivity index (χ2v) is 5.66. The number of para-hydroxylation sites is 3. The predicted molar refractivity (Wildman–Crippen MR) is 85.3 cm³/mol. The molecule has 4 heteroatoms. The third-order valence-corrected chi connectivity index (χ3v) is 4.14. The Morgan fingerprint density at radius 3 is 2.52 bits per heavy atom. The monoisotopic (exact) mass is 292 g/mol. The molecule has 102 valence electrons. The van der Waals surface area contributed by atoms with E-state index in [1.165, 1.54) is 0 Å². The summed E-state index contributed by atoms with van der Waals surface area (Å²) in [7, 11) is 0. The normalized spacial score (nSPS) is 11.2. The maximum Gasteiger partial charge on any atom is 0.257 e. The van der Waals surface area contributed by atoms with E-state index in [0.29, 0.717) is 5.22 Å². The van der Waals surface area contributed by atoms with E-state index < -0.39 is 0 Å². The standard InChI is InChI=1S/C17H12N2OS/c1-2-6-14-12(5-1)9-10-13(18-14)11-21-17-19-15-7-3-4-8-16(15)20-17/h1-10H,11H2. The van der Waals surface area contributed by atoms with Gasteiger partial charge in [0.1, 0.15) is 5.52 Å². The van der Waals surface area contributed by atoms with Gasteiger partial charge in [-0.05, 0) is 24.3 Å². The molecule has 0 N–H and O–H groups in total. The van der Waals surface area contributed by atoms with Gasteiger partial charge in [0.2, 0.25) is 0 Å². The van der Waals surface area contributed by atoms with Gasteiger partial charge in [0.15, 0.2) is 5.58 Å². The molecule has 21 heavy (non-hydrogen) atoms. The fourth-order valence-electron chi connectivity index (χ4n) is 2.24. The Morgan fingerprint density at radius 1 is 0.810 bits per heavy atom. The van der Waals surface area contributed by atoms with Gasteiger partial charge in [-0.1, -0.05) is 48.2 Å². The molecular weight excluding hydrogens is 280 g/mol. The molecule has 2 heterocycles. The van der Waals surface area contributed by atoms with E-state index in [9.17, 15) is 0 Å². The average molecular weight is 292 g/mol. The molecule has 0 unspecified atom stereocenters. The summed E-state index contributed by atoms with van der Waals surface area (Å²) in [6.07, 6.45) is 0. The number of benzene rings is 2. The van der Waals surface area contributed by atoms with Crippen LogP contribution in [0.1, 0.15) is 5.69 Å². The molecule has 3 nitrogen and oxygen atoms in total. The molecule has 0 bridgehead atoms. The number of fused-ring (bicyclic) bond motifs is 2. The van der Waals surface area contributed by atoms with Gasteiger partial charge in [-0.3, -0.25) is 4.98 Å². The molecular formula is C17H12N2OS. The lowest BCUT2D eigenvalue weighted by molar-refractivity contribution is 0.489. The largest absolute Gasteiger partial charge is 0.431 e. The third-order valence-electron chi connectivity index (χ3n) is 3.27. The van der Waals surface area contributed by atoms with Gasteiger partial charge >= 0.3 is 0 Å². The Bertz CT molecular complexity index is 884. The van der Waals surface area contributed by atoms with Gasteiger partial charge in [-0.25, -0.2) is 4.98 Å². The highest BCUT2D eigenvalue weighted by molar-refractivity contribution is 7.98. The van der Waals surface area contributed by atoms with Crippen LogP contribution < -0.4 is 0 Å². The summed E-state index contributed by atoms with van der Waals surface area (Å²) < 4.78 is 5.70. The van der Waals surface area contributed by atoms with Crippen LogP contribution in [0.15, 0.2) is 70.3 Å². The maximum atomic E-state index is 5.70. The smallest absolute Gasteiger partial charge is 0.257 e. The van der Waals surface area contributed by atoms with Crippen molar-refractivity contribution in [1.29, 1.82) is 0 Å². The number of pyridine rings is 1. The van der Waals surface area contributed by atoms with Crippen LogP contribution in [0.2, 0.25) is 0 Å². The zero-order chi connectivity index (χ0) is 14.1. The van der Waals surface area contributed by atoms with E-state index >= 15 is 0 Å². The third kappa shape index (κ3) is 2.50. The van der Waals surface area contributed by atoms with Gasteiger partial charge in [-0.2, -0.15) is 0 Å². The Kier molecular flexibility index (Phi) is 3.09. The number of oxazole rings is 1. The van der Waals surface area contributed by atoms with Gasteiger partial charge in [0.25, 0.3) is 5.22 Å². The van der Waals surface area contributed by atoms with Crippen molar-refractivity contribution in [3.8, 4) is 0 Å². The van der Waals surface area contributed by atoms with Crippen molar-refractivity contribution in [2.45, 2.75) is 11.0 Å². The first-order valence-electron chi connectivity index (χ1n) is 6.71. The van der Waals surface area contributed by atoms with Crippen LogP contribution in [-0.2, 0) is 5.75 Å². The summed E-state index contributed by atoms with van der Waals surface area (Å²) in [6, 6.07) is 20.1. The molecule has 0 atom stereocenters. The quantitative estimate of drug-likeness (QED) is 0.514. The van der Waals surface area contributed by atoms with E-state index in [0.717, 1.165) is 33.4 Å². The number of thioether (sulfide) groups is 1. The van der Waals surface area contributed by atoms with Gasteiger partial charge < -0.3 is 4.42 Å². The minimum atomic E-state index is 0.686. The minimum Gasteiger partial charge on any atom is -0.431 e. The Balaban J connectivity index is 1.57. The van der Waals surface area contributed by atoms with E-state index in [4.69, 9.17) is 4.42 Å². The molecule has 0 fully saturated rings. The van der Waals surface area contributed by atoms with Crippen molar-refractivity contribution in [2.24, 2.45) is 0 Å². The molecule has 0 aliphatic heterocycles. The molecule has 0 spiro atoms. The highest BCUT2D eigenvalue weighted by Gasteiger charge is 2.06. The summed E-state index contributed by atoms with van der Waals surface area (Å²) in [4.78, 5) is 9.11. The van der Waals surface area contributed by atoms with Crippen molar-refractivity contribution in [2.75, 3.05) is 0 Å². The summed E-state index contributed by atoms with van der Waals surface area (Å²) in [6.45, 7) is 0. The highest BCUT2D eigenvalue weighted by atomic mass is 32.2. The number of aromatic nitrogens is 2. The van der Waals surface area contributed by atoms with Crippen LogP contribution in [0, 0.1) is 0 Å². The molecule has 0 saturated carbocycles. The van der Waals surface area contributed by atoms with Crippen LogP contribution in [-0.4, -0.2) is 9.97 Å². The SMILES string of the molecule is c1ccc2nc(CSc3nc4ccccc4o3)ccc2c1. The van der Waals surface area contributed by atoms with Crippen molar-refractivity contribution in [3.05, 3.63) is 66.4 Å². The van der Waals surface area contributed by atoms with E-state index in [1.54, 1.807) is 11.8 Å². The Hall–Kier alpha value is -2.33. The number of hydrogen-bond acceptors (Lipinski definition) is 4. The maximum absolute atomic E-state index is 5.70. The molecule has 0 amide bonds. The van der Waals surface area contributed by atoms with Crippen molar-refractivity contribution < 1.29 is 4.42 Å². The van der Waals surface area contributed by atoms with Crippen LogP contribution in [0.4, 0.5) is 0 Å². The summed E-state index contributed by atoms with van der Waals surface area (Å²) in [5.74, 6) is 0.748. The van der Waals surface area contributed by atoms with E-state index in [1.807, 2.05) is 42.5 Å². The summed E-state index contributed by atoms with van der Waals surface area (Å²) in [5, 5.41) is 1.85. The first kappa shape index (κ1) is 12.4. The van der Waals surface area contributed by atoms with Crippen LogP contribution in [0.5, 0.6) is 0 Å². The molecule has 2 aromatic carbocycles. The lowest BCUT2D eigenvalue weighted by atomic mass is 10.2. The first-order valence-corrected chi connectivity index (χ1v) is 7.70. The zero-order valence-corrected chi connectivity index (χ0v) is 12.0. The van der Waals surface area contributed by atoms with Crippen LogP contribution >= 0.6 is 11.8 Å². The molecule has 0 radical (unpaired) electrons. The highest BCUT2D eigenvalue weighted by Crippen LogP contribution is 2.26. The Labute approximate surface area is 126 Å². The van der Waals surface area contributed by atoms with E-state index in [2.05, 4.69) is 28.2 Å². The molecule has 0 saturated heterocycles.